The largest absolute Gasteiger partial charge is 0.391 e. The summed E-state index contributed by atoms with van der Waals surface area (Å²) in [5, 5.41) is 15.7. The highest BCUT2D eigenvalue weighted by atomic mass is 79.9. The second-order valence-corrected chi connectivity index (χ2v) is 10.9. The monoisotopic (exact) mass is 548 g/mol. The smallest absolute Gasteiger partial charge is 0.255 e. The number of anilines is 2. The van der Waals surface area contributed by atoms with Crippen molar-refractivity contribution in [3.63, 3.8) is 0 Å². The molecule has 1 aliphatic rings. The number of β-amino-alcohol motifs (C(OH)–C–C–N with tert-alkyl or cyclic N) is 1. The third kappa shape index (κ3) is 5.93. The van der Waals surface area contributed by atoms with Crippen LogP contribution in [0.1, 0.15) is 19.0 Å². The van der Waals surface area contributed by atoms with Crippen molar-refractivity contribution in [2.45, 2.75) is 41.3 Å². The first-order valence-electron chi connectivity index (χ1n) is 10.5. The minimum absolute atomic E-state index is 0.125. The van der Waals surface area contributed by atoms with Crippen molar-refractivity contribution < 1.29 is 14.6 Å². The fourth-order valence-electron chi connectivity index (χ4n) is 3.60. The number of hydrogen-bond donors (Lipinski definition) is 2. The zero-order chi connectivity index (χ0) is 23.4. The molecule has 0 saturated carbocycles. The summed E-state index contributed by atoms with van der Waals surface area (Å²) in [5.41, 5.74) is -0.283. The molecule has 7 nitrogen and oxygen atoms in total. The highest BCUT2D eigenvalue weighted by molar-refractivity contribution is 9.10. The number of benzene rings is 1. The SMILES string of the molecule is COC(C)(Cc1csc(Nc2ncc(Br)cc2Sc2ccccc2)n1)C(=O)N1CCC(O)C1. The lowest BCUT2D eigenvalue weighted by molar-refractivity contribution is -0.152. The van der Waals surface area contributed by atoms with Crippen LogP contribution in [0.3, 0.4) is 0 Å². The molecule has 2 N–H and O–H groups in total. The minimum atomic E-state index is -1.04. The van der Waals surface area contributed by atoms with E-state index in [2.05, 4.69) is 43.3 Å². The fourth-order valence-corrected chi connectivity index (χ4v) is 5.72. The second-order valence-electron chi connectivity index (χ2n) is 7.99. The molecule has 174 valence electrons. The summed E-state index contributed by atoms with van der Waals surface area (Å²) < 4.78 is 6.52. The number of nitrogens with one attached hydrogen (secondary N) is 1. The van der Waals surface area contributed by atoms with Crippen molar-refractivity contribution in [2.24, 2.45) is 0 Å². The molecule has 1 amide bonds. The van der Waals surface area contributed by atoms with Crippen LogP contribution in [0.5, 0.6) is 0 Å². The molecule has 0 spiro atoms. The Bertz CT molecular complexity index is 1110. The van der Waals surface area contributed by atoms with E-state index in [1.165, 1.54) is 18.4 Å². The molecule has 1 aliphatic heterocycles. The molecule has 2 aromatic heterocycles. The molecular weight excluding hydrogens is 524 g/mol. The van der Waals surface area contributed by atoms with E-state index in [1.54, 1.807) is 29.8 Å². The minimum Gasteiger partial charge on any atom is -0.391 e. The van der Waals surface area contributed by atoms with Crippen LogP contribution >= 0.6 is 39.0 Å². The first kappa shape index (κ1) is 24.2. The Balaban J connectivity index is 1.48. The number of aliphatic hydroxyl groups excluding tert-OH is 1. The zero-order valence-corrected chi connectivity index (χ0v) is 21.5. The number of nitrogens with zero attached hydrogens (tertiary/aromatic N) is 3. The van der Waals surface area contributed by atoms with Crippen molar-refractivity contribution >= 4 is 55.9 Å². The lowest BCUT2D eigenvalue weighted by Crippen LogP contribution is -2.49. The number of thiazole rings is 1. The van der Waals surface area contributed by atoms with Gasteiger partial charge >= 0.3 is 0 Å². The summed E-state index contributed by atoms with van der Waals surface area (Å²) in [7, 11) is 1.54. The number of carbonyl (C=O) groups is 1. The predicted molar refractivity (Wildman–Crippen MR) is 134 cm³/mol. The van der Waals surface area contributed by atoms with Crippen molar-refractivity contribution in [3.8, 4) is 0 Å². The van der Waals surface area contributed by atoms with Crippen LogP contribution in [0.15, 0.2) is 62.2 Å². The Hall–Kier alpha value is -1.98. The van der Waals surface area contributed by atoms with E-state index in [0.717, 1.165) is 20.0 Å². The van der Waals surface area contributed by atoms with E-state index in [-0.39, 0.29) is 5.91 Å². The molecule has 0 aliphatic carbocycles. The quantitative estimate of drug-likeness (QED) is 0.420. The summed E-state index contributed by atoms with van der Waals surface area (Å²) in [5.74, 6) is 0.588. The van der Waals surface area contributed by atoms with Gasteiger partial charge in [0.05, 0.1) is 16.7 Å². The number of aliphatic hydroxyl groups is 1. The lowest BCUT2D eigenvalue weighted by Gasteiger charge is -2.30. The van der Waals surface area contributed by atoms with Crippen LogP contribution in [-0.4, -0.2) is 57.8 Å². The van der Waals surface area contributed by atoms with E-state index >= 15 is 0 Å². The van der Waals surface area contributed by atoms with Crippen LogP contribution in [0.25, 0.3) is 0 Å². The number of methoxy groups -OCH3 is 1. The molecule has 2 atom stereocenters. The van der Waals surface area contributed by atoms with Crippen LogP contribution in [-0.2, 0) is 16.0 Å². The number of halogens is 1. The number of ether oxygens (including phenoxy) is 1. The number of rotatable bonds is 8. The standard InChI is InChI=1S/C23H25BrN4O3S2/c1-23(31-2,21(30)28-9-8-17(29)13-28)11-16-14-32-22(26-16)27-20-19(10-15(24)12-25-20)33-18-6-4-3-5-7-18/h3-7,10,12,14,17,29H,8-9,11,13H2,1-2H3,(H,25,26,27). The van der Waals surface area contributed by atoms with Crippen LogP contribution in [0.2, 0.25) is 0 Å². The van der Waals surface area contributed by atoms with Crippen LogP contribution in [0, 0.1) is 0 Å². The molecule has 3 aromatic rings. The summed E-state index contributed by atoms with van der Waals surface area (Å²) in [6.45, 7) is 2.66. The number of likely N-dealkylation sites (tertiary alicyclic amines) is 1. The van der Waals surface area contributed by atoms with Gasteiger partial charge in [-0.05, 0) is 47.5 Å². The Kier molecular flexibility index (Phi) is 7.70. The molecule has 1 saturated heterocycles. The Morgan fingerprint density at radius 1 is 1.42 bits per heavy atom. The van der Waals surface area contributed by atoms with Crippen LogP contribution in [0.4, 0.5) is 10.9 Å². The van der Waals surface area contributed by atoms with Gasteiger partial charge in [0.25, 0.3) is 5.91 Å². The summed E-state index contributed by atoms with van der Waals surface area (Å²) in [4.78, 5) is 26.0. The second kappa shape index (κ2) is 10.5. The van der Waals surface area contributed by atoms with E-state index in [1.807, 2.05) is 29.6 Å². The van der Waals surface area contributed by atoms with Gasteiger partial charge in [0, 0.05) is 47.6 Å². The van der Waals surface area contributed by atoms with Crippen molar-refractivity contribution in [3.05, 3.63) is 58.1 Å². The number of amides is 1. The third-order valence-corrected chi connectivity index (χ3v) is 7.72. The van der Waals surface area contributed by atoms with Crippen molar-refractivity contribution in [1.29, 1.82) is 0 Å². The predicted octanol–water partition coefficient (Wildman–Crippen LogP) is 4.74. The van der Waals surface area contributed by atoms with Crippen molar-refractivity contribution in [2.75, 3.05) is 25.5 Å². The molecule has 2 unspecified atom stereocenters. The van der Waals surface area contributed by atoms with E-state index < -0.39 is 11.7 Å². The molecule has 33 heavy (non-hydrogen) atoms. The topological polar surface area (TPSA) is 87.6 Å². The van der Waals surface area contributed by atoms with E-state index in [4.69, 9.17) is 4.74 Å². The molecule has 1 aromatic carbocycles. The first-order valence-corrected chi connectivity index (χ1v) is 13.0. The lowest BCUT2D eigenvalue weighted by atomic mass is 9.98. The van der Waals surface area contributed by atoms with Gasteiger partial charge in [-0.25, -0.2) is 9.97 Å². The normalized spacial score (nSPS) is 17.7. The molecule has 0 bridgehead atoms. The van der Waals surface area contributed by atoms with Gasteiger partial charge in [-0.15, -0.1) is 11.3 Å². The highest BCUT2D eigenvalue weighted by Crippen LogP contribution is 2.36. The van der Waals surface area contributed by atoms with Gasteiger partial charge in [-0.2, -0.15) is 0 Å². The van der Waals surface area contributed by atoms with E-state index in [9.17, 15) is 9.90 Å². The maximum atomic E-state index is 13.0. The van der Waals surface area contributed by atoms with Crippen LogP contribution < -0.4 is 5.32 Å². The number of hydrogen-bond acceptors (Lipinski definition) is 8. The maximum Gasteiger partial charge on any atom is 0.255 e. The average Bonchev–Trinajstić information content (AvgIpc) is 3.44. The van der Waals surface area contributed by atoms with Gasteiger partial charge in [-0.1, -0.05) is 30.0 Å². The molecule has 4 rings (SSSR count). The number of carbonyl (C=O) groups excluding carboxylic acids is 1. The van der Waals surface area contributed by atoms with Gasteiger partial charge in [0.1, 0.15) is 11.4 Å². The summed E-state index contributed by atoms with van der Waals surface area (Å²) in [6.07, 6.45) is 2.22. The Morgan fingerprint density at radius 3 is 2.91 bits per heavy atom. The Labute approximate surface area is 209 Å². The van der Waals surface area contributed by atoms with Gasteiger partial charge < -0.3 is 20.1 Å². The summed E-state index contributed by atoms with van der Waals surface area (Å²) >= 11 is 6.58. The third-order valence-electron chi connectivity index (χ3n) is 5.44. The van der Waals surface area contributed by atoms with Crippen molar-refractivity contribution in [1.82, 2.24) is 14.9 Å². The Morgan fingerprint density at radius 2 is 2.21 bits per heavy atom. The van der Waals surface area contributed by atoms with Gasteiger partial charge in [0.2, 0.25) is 0 Å². The molecule has 3 heterocycles. The zero-order valence-electron chi connectivity index (χ0n) is 18.3. The average molecular weight is 550 g/mol. The first-order chi connectivity index (χ1) is 15.9. The number of pyridine rings is 1. The number of aromatic nitrogens is 2. The molecule has 0 radical (unpaired) electrons. The molecule has 10 heteroatoms. The molecular formula is C23H25BrN4O3S2. The summed E-state index contributed by atoms with van der Waals surface area (Å²) in [6, 6.07) is 12.1. The molecule has 1 fully saturated rings. The highest BCUT2D eigenvalue weighted by Gasteiger charge is 2.40. The van der Waals surface area contributed by atoms with E-state index in [0.29, 0.717) is 36.9 Å². The maximum absolute atomic E-state index is 13.0. The fraction of sp³-hybridized carbons (Fsp3) is 0.348. The van der Waals surface area contributed by atoms with Gasteiger partial charge in [0.15, 0.2) is 5.13 Å². The van der Waals surface area contributed by atoms with Gasteiger partial charge in [-0.3, -0.25) is 4.79 Å².